The average molecular weight is 276 g/mol. The third kappa shape index (κ3) is 3.20. The molecule has 0 radical (unpaired) electrons. The zero-order valence-corrected chi connectivity index (χ0v) is 12.0. The van der Waals surface area contributed by atoms with Gasteiger partial charge in [0, 0.05) is 19.2 Å². The molecule has 0 saturated heterocycles. The van der Waals surface area contributed by atoms with Crippen molar-refractivity contribution in [2.45, 2.75) is 32.7 Å². The topological polar surface area (TPSA) is 72.1 Å². The SMILES string of the molecule is CCC(CC)NC(=O)Nc1cc(-c2ccco2)nn1C. The van der Waals surface area contributed by atoms with Crippen LogP contribution in [0.15, 0.2) is 28.9 Å². The molecule has 6 nitrogen and oxygen atoms in total. The maximum atomic E-state index is 11.9. The molecular weight excluding hydrogens is 256 g/mol. The van der Waals surface area contributed by atoms with Gasteiger partial charge in [0.25, 0.3) is 0 Å². The number of hydrogen-bond acceptors (Lipinski definition) is 3. The maximum absolute atomic E-state index is 11.9. The molecule has 2 amide bonds. The van der Waals surface area contributed by atoms with Crippen molar-refractivity contribution in [3.05, 3.63) is 24.5 Å². The van der Waals surface area contributed by atoms with E-state index in [1.165, 1.54) is 0 Å². The van der Waals surface area contributed by atoms with E-state index in [-0.39, 0.29) is 12.1 Å². The van der Waals surface area contributed by atoms with Crippen LogP contribution in [0.25, 0.3) is 11.5 Å². The summed E-state index contributed by atoms with van der Waals surface area (Å²) in [5, 5.41) is 10.0. The van der Waals surface area contributed by atoms with Crippen LogP contribution < -0.4 is 10.6 Å². The van der Waals surface area contributed by atoms with Crippen LogP contribution in [0.3, 0.4) is 0 Å². The Morgan fingerprint density at radius 2 is 2.20 bits per heavy atom. The lowest BCUT2D eigenvalue weighted by molar-refractivity contribution is 0.247. The van der Waals surface area contributed by atoms with E-state index in [0.717, 1.165) is 12.8 Å². The van der Waals surface area contributed by atoms with Gasteiger partial charge in [0.15, 0.2) is 5.76 Å². The quantitative estimate of drug-likeness (QED) is 0.881. The molecular formula is C14H20N4O2. The molecule has 2 rings (SSSR count). The molecule has 0 aliphatic carbocycles. The van der Waals surface area contributed by atoms with Crippen molar-refractivity contribution in [1.29, 1.82) is 0 Å². The molecule has 108 valence electrons. The van der Waals surface area contributed by atoms with E-state index < -0.39 is 0 Å². The number of aromatic nitrogens is 2. The van der Waals surface area contributed by atoms with Gasteiger partial charge in [0.2, 0.25) is 0 Å². The van der Waals surface area contributed by atoms with E-state index in [9.17, 15) is 4.79 Å². The van der Waals surface area contributed by atoms with E-state index >= 15 is 0 Å². The van der Waals surface area contributed by atoms with E-state index in [2.05, 4.69) is 15.7 Å². The number of aryl methyl sites for hydroxylation is 1. The Kier molecular flexibility index (Phi) is 4.45. The van der Waals surface area contributed by atoms with Crippen LogP contribution in [0, 0.1) is 0 Å². The predicted octanol–water partition coefficient (Wildman–Crippen LogP) is 2.99. The highest BCUT2D eigenvalue weighted by molar-refractivity contribution is 5.89. The molecule has 0 aliphatic heterocycles. The van der Waals surface area contributed by atoms with E-state index in [1.54, 1.807) is 30.1 Å². The van der Waals surface area contributed by atoms with Gasteiger partial charge in [-0.05, 0) is 25.0 Å². The van der Waals surface area contributed by atoms with Crippen molar-refractivity contribution in [2.24, 2.45) is 7.05 Å². The van der Waals surface area contributed by atoms with Gasteiger partial charge in [-0.15, -0.1) is 0 Å². The van der Waals surface area contributed by atoms with Crippen LogP contribution in [0.5, 0.6) is 0 Å². The Morgan fingerprint density at radius 3 is 2.80 bits per heavy atom. The first kappa shape index (κ1) is 14.2. The van der Waals surface area contributed by atoms with Gasteiger partial charge < -0.3 is 9.73 Å². The van der Waals surface area contributed by atoms with Crippen molar-refractivity contribution in [1.82, 2.24) is 15.1 Å². The summed E-state index contributed by atoms with van der Waals surface area (Å²) in [6.07, 6.45) is 3.41. The van der Waals surface area contributed by atoms with E-state index in [1.807, 2.05) is 19.9 Å². The second-order valence-electron chi connectivity index (χ2n) is 4.63. The first-order valence-electron chi connectivity index (χ1n) is 6.79. The molecule has 2 aromatic rings. The highest BCUT2D eigenvalue weighted by Gasteiger charge is 2.13. The normalized spacial score (nSPS) is 10.8. The largest absolute Gasteiger partial charge is 0.463 e. The Bertz CT molecular complexity index is 556. The number of furan rings is 1. The molecule has 0 saturated carbocycles. The lowest BCUT2D eigenvalue weighted by atomic mass is 10.2. The summed E-state index contributed by atoms with van der Waals surface area (Å²) in [7, 11) is 1.78. The lowest BCUT2D eigenvalue weighted by Crippen LogP contribution is -2.37. The van der Waals surface area contributed by atoms with Crippen LogP contribution in [-0.2, 0) is 7.05 Å². The Balaban J connectivity index is 2.05. The van der Waals surface area contributed by atoms with Gasteiger partial charge in [0.1, 0.15) is 11.5 Å². The molecule has 0 spiro atoms. The van der Waals surface area contributed by atoms with Crippen molar-refractivity contribution >= 4 is 11.8 Å². The smallest absolute Gasteiger partial charge is 0.320 e. The summed E-state index contributed by atoms with van der Waals surface area (Å²) < 4.78 is 6.90. The summed E-state index contributed by atoms with van der Waals surface area (Å²) in [5.41, 5.74) is 0.690. The highest BCUT2D eigenvalue weighted by Crippen LogP contribution is 2.21. The predicted molar refractivity (Wildman–Crippen MR) is 77.4 cm³/mol. The van der Waals surface area contributed by atoms with Crippen molar-refractivity contribution in [2.75, 3.05) is 5.32 Å². The van der Waals surface area contributed by atoms with Gasteiger partial charge >= 0.3 is 6.03 Å². The molecule has 0 aromatic carbocycles. The third-order valence-electron chi connectivity index (χ3n) is 3.22. The summed E-state index contributed by atoms with van der Waals surface area (Å²) in [6, 6.07) is 5.39. The Morgan fingerprint density at radius 1 is 1.45 bits per heavy atom. The first-order valence-corrected chi connectivity index (χ1v) is 6.79. The monoisotopic (exact) mass is 276 g/mol. The molecule has 0 aliphatic rings. The summed E-state index contributed by atoms with van der Waals surface area (Å²) >= 11 is 0. The van der Waals surface area contributed by atoms with Gasteiger partial charge in [-0.1, -0.05) is 13.8 Å². The molecule has 2 heterocycles. The zero-order valence-electron chi connectivity index (χ0n) is 12.0. The van der Waals surface area contributed by atoms with Crippen molar-refractivity contribution < 1.29 is 9.21 Å². The summed E-state index contributed by atoms with van der Waals surface area (Å²) in [4.78, 5) is 11.9. The van der Waals surface area contributed by atoms with Crippen molar-refractivity contribution in [3.8, 4) is 11.5 Å². The maximum Gasteiger partial charge on any atom is 0.320 e. The molecule has 2 aromatic heterocycles. The molecule has 6 heteroatoms. The molecule has 0 unspecified atom stereocenters. The number of carbonyl (C=O) groups excluding carboxylic acids is 1. The minimum absolute atomic E-state index is 0.188. The molecule has 0 atom stereocenters. The first-order chi connectivity index (χ1) is 9.63. The fourth-order valence-electron chi connectivity index (χ4n) is 1.96. The minimum atomic E-state index is -0.215. The van der Waals surface area contributed by atoms with Crippen LogP contribution in [-0.4, -0.2) is 21.9 Å². The van der Waals surface area contributed by atoms with Crippen LogP contribution in [0.1, 0.15) is 26.7 Å². The minimum Gasteiger partial charge on any atom is -0.463 e. The van der Waals surface area contributed by atoms with Gasteiger partial charge in [0.05, 0.1) is 6.26 Å². The Hall–Kier alpha value is -2.24. The number of amides is 2. The molecule has 0 fully saturated rings. The van der Waals surface area contributed by atoms with Gasteiger partial charge in [-0.3, -0.25) is 10.00 Å². The number of nitrogens with one attached hydrogen (secondary N) is 2. The van der Waals surface area contributed by atoms with Gasteiger partial charge in [-0.25, -0.2) is 4.79 Å². The molecule has 2 N–H and O–H groups in total. The van der Waals surface area contributed by atoms with Crippen LogP contribution >= 0.6 is 0 Å². The number of anilines is 1. The zero-order chi connectivity index (χ0) is 14.5. The van der Waals surface area contributed by atoms with Crippen LogP contribution in [0.2, 0.25) is 0 Å². The van der Waals surface area contributed by atoms with Crippen LogP contribution in [0.4, 0.5) is 10.6 Å². The number of rotatable bonds is 5. The number of urea groups is 1. The second-order valence-corrected chi connectivity index (χ2v) is 4.63. The standard InChI is InChI=1S/C14H20N4O2/c1-4-10(5-2)15-14(19)16-13-9-11(17-18(13)3)12-7-6-8-20-12/h6-10H,4-5H2,1-3H3,(H2,15,16,19). The molecule has 20 heavy (non-hydrogen) atoms. The molecule has 0 bridgehead atoms. The fraction of sp³-hybridized carbons (Fsp3) is 0.429. The third-order valence-corrected chi connectivity index (χ3v) is 3.22. The fourth-order valence-corrected chi connectivity index (χ4v) is 1.96. The number of nitrogens with zero attached hydrogens (tertiary/aromatic N) is 2. The number of carbonyl (C=O) groups is 1. The highest BCUT2D eigenvalue weighted by atomic mass is 16.3. The van der Waals surface area contributed by atoms with E-state index in [4.69, 9.17) is 4.42 Å². The van der Waals surface area contributed by atoms with E-state index in [0.29, 0.717) is 17.3 Å². The summed E-state index contributed by atoms with van der Waals surface area (Å²) in [6.45, 7) is 4.10. The van der Waals surface area contributed by atoms with Crippen molar-refractivity contribution in [3.63, 3.8) is 0 Å². The second kappa shape index (κ2) is 6.27. The lowest BCUT2D eigenvalue weighted by Gasteiger charge is -2.15. The summed E-state index contributed by atoms with van der Waals surface area (Å²) in [5.74, 6) is 1.30. The number of hydrogen-bond donors (Lipinski definition) is 2. The Labute approximate surface area is 118 Å². The average Bonchev–Trinajstić information content (AvgIpc) is 3.06. The van der Waals surface area contributed by atoms with Gasteiger partial charge in [-0.2, -0.15) is 5.10 Å².